The van der Waals surface area contributed by atoms with Crippen molar-refractivity contribution in [2.45, 2.75) is 52.1 Å². The minimum absolute atomic E-state index is 0.0159. The van der Waals surface area contributed by atoms with Gasteiger partial charge in [-0.1, -0.05) is 20.3 Å². The van der Waals surface area contributed by atoms with Crippen LogP contribution in [0, 0.1) is 5.92 Å². The van der Waals surface area contributed by atoms with Crippen molar-refractivity contribution in [1.29, 1.82) is 0 Å². The van der Waals surface area contributed by atoms with E-state index >= 15 is 0 Å². The third-order valence-corrected chi connectivity index (χ3v) is 6.35. The molecule has 0 aromatic rings. The van der Waals surface area contributed by atoms with Crippen LogP contribution in [-0.2, 0) is 10.2 Å². The Hall–Kier alpha value is -0.170. The maximum Gasteiger partial charge on any atom is 0.282 e. The lowest BCUT2D eigenvalue weighted by molar-refractivity contribution is 0.216. The van der Waals surface area contributed by atoms with Gasteiger partial charge in [0.15, 0.2) is 0 Å². The molecule has 1 heterocycles. The summed E-state index contributed by atoms with van der Waals surface area (Å²) in [5.41, 5.74) is 0. The van der Waals surface area contributed by atoms with Crippen LogP contribution in [0.2, 0.25) is 0 Å². The number of hydrogen-bond acceptors (Lipinski definition) is 3. The minimum Gasteiger partial charge on any atom is -0.318 e. The average molecular weight is 291 g/mol. The van der Waals surface area contributed by atoms with E-state index in [1.807, 2.05) is 14.0 Å². The fraction of sp³-hybridized carbons (Fsp3) is 1.00. The Morgan fingerprint density at radius 3 is 2.47 bits per heavy atom. The third-order valence-electron chi connectivity index (χ3n) is 4.21. The monoisotopic (exact) mass is 291 g/mol. The molecule has 0 aromatic carbocycles. The molecule has 2 atom stereocenters. The predicted octanol–water partition coefficient (Wildman–Crippen LogP) is 1.28. The second-order valence-corrected chi connectivity index (χ2v) is 7.77. The van der Waals surface area contributed by atoms with Gasteiger partial charge in [0.2, 0.25) is 0 Å². The average Bonchev–Trinajstić information content (AvgIpc) is 2.37. The van der Waals surface area contributed by atoms with Gasteiger partial charge in [0.25, 0.3) is 10.2 Å². The van der Waals surface area contributed by atoms with Crippen LogP contribution >= 0.6 is 0 Å². The zero-order valence-electron chi connectivity index (χ0n) is 12.9. The Morgan fingerprint density at radius 2 is 1.95 bits per heavy atom. The first kappa shape index (κ1) is 16.9. The molecule has 1 saturated heterocycles. The Balaban J connectivity index is 2.90. The molecule has 1 aliphatic rings. The molecule has 6 heteroatoms. The Bertz CT molecular complexity index is 368. The van der Waals surface area contributed by atoms with Crippen LogP contribution in [0.3, 0.4) is 0 Å². The zero-order chi connectivity index (χ0) is 14.6. The van der Waals surface area contributed by atoms with E-state index < -0.39 is 10.2 Å². The molecule has 1 fully saturated rings. The summed E-state index contributed by atoms with van der Waals surface area (Å²) < 4.78 is 28.7. The second-order valence-electron chi connectivity index (χ2n) is 5.83. The van der Waals surface area contributed by atoms with Gasteiger partial charge in [-0.3, -0.25) is 0 Å². The normalized spacial score (nSPS) is 24.1. The van der Waals surface area contributed by atoms with Crippen molar-refractivity contribution in [3.63, 3.8) is 0 Å². The standard InChI is InChI=1S/C13H29N3O2S/c1-11(2)12(3)15(5)19(17,18)16-9-7-6-8-13(16)10-14-4/h11-14H,6-10H2,1-5H3. The maximum absolute atomic E-state index is 12.7. The van der Waals surface area contributed by atoms with Crippen molar-refractivity contribution in [2.75, 3.05) is 27.2 Å². The van der Waals surface area contributed by atoms with Crippen LogP contribution in [0.15, 0.2) is 0 Å². The first-order valence-electron chi connectivity index (χ1n) is 7.21. The molecule has 0 spiro atoms. The van der Waals surface area contributed by atoms with Crippen LogP contribution in [0.4, 0.5) is 0 Å². The van der Waals surface area contributed by atoms with Crippen LogP contribution in [0.25, 0.3) is 0 Å². The molecule has 5 nitrogen and oxygen atoms in total. The highest BCUT2D eigenvalue weighted by atomic mass is 32.2. The van der Waals surface area contributed by atoms with Gasteiger partial charge in [0.1, 0.15) is 0 Å². The van der Waals surface area contributed by atoms with Gasteiger partial charge in [0.05, 0.1) is 0 Å². The summed E-state index contributed by atoms with van der Waals surface area (Å²) in [7, 11) is 0.223. The Kier molecular flexibility index (Phi) is 6.23. The van der Waals surface area contributed by atoms with Gasteiger partial charge in [-0.25, -0.2) is 0 Å². The molecule has 0 aromatic heterocycles. The van der Waals surface area contributed by atoms with E-state index in [-0.39, 0.29) is 12.1 Å². The Morgan fingerprint density at radius 1 is 1.32 bits per heavy atom. The lowest BCUT2D eigenvalue weighted by atomic mass is 10.1. The van der Waals surface area contributed by atoms with E-state index in [1.54, 1.807) is 11.4 Å². The van der Waals surface area contributed by atoms with Gasteiger partial charge < -0.3 is 5.32 Å². The van der Waals surface area contributed by atoms with Gasteiger partial charge in [-0.2, -0.15) is 17.0 Å². The summed E-state index contributed by atoms with van der Waals surface area (Å²) in [5, 5.41) is 3.11. The van der Waals surface area contributed by atoms with Crippen molar-refractivity contribution in [2.24, 2.45) is 5.92 Å². The van der Waals surface area contributed by atoms with E-state index in [2.05, 4.69) is 19.2 Å². The number of nitrogens with one attached hydrogen (secondary N) is 1. The zero-order valence-corrected chi connectivity index (χ0v) is 13.7. The van der Waals surface area contributed by atoms with Crippen LogP contribution in [0.1, 0.15) is 40.0 Å². The number of likely N-dealkylation sites (N-methyl/N-ethyl adjacent to an activating group) is 1. The van der Waals surface area contributed by atoms with Gasteiger partial charge in [-0.15, -0.1) is 0 Å². The fourth-order valence-electron chi connectivity index (χ4n) is 2.51. The molecular weight excluding hydrogens is 262 g/mol. The highest BCUT2D eigenvalue weighted by Gasteiger charge is 2.36. The van der Waals surface area contributed by atoms with Crippen LogP contribution in [0.5, 0.6) is 0 Å². The van der Waals surface area contributed by atoms with E-state index in [9.17, 15) is 8.42 Å². The number of piperidine rings is 1. The van der Waals surface area contributed by atoms with Crippen molar-refractivity contribution in [1.82, 2.24) is 13.9 Å². The van der Waals surface area contributed by atoms with E-state index in [1.165, 1.54) is 4.31 Å². The van der Waals surface area contributed by atoms with E-state index in [0.717, 1.165) is 25.8 Å². The van der Waals surface area contributed by atoms with Gasteiger partial charge in [-0.05, 0) is 32.7 Å². The summed E-state index contributed by atoms with van der Waals surface area (Å²) in [6.07, 6.45) is 3.02. The van der Waals surface area contributed by atoms with Crippen molar-refractivity contribution >= 4 is 10.2 Å². The van der Waals surface area contributed by atoms with E-state index in [0.29, 0.717) is 12.5 Å². The summed E-state index contributed by atoms with van der Waals surface area (Å²) in [6.45, 7) is 7.45. The predicted molar refractivity (Wildman–Crippen MR) is 79.3 cm³/mol. The molecule has 19 heavy (non-hydrogen) atoms. The van der Waals surface area contributed by atoms with Crippen LogP contribution < -0.4 is 5.32 Å². The summed E-state index contributed by atoms with van der Waals surface area (Å²) in [4.78, 5) is 0. The summed E-state index contributed by atoms with van der Waals surface area (Å²) >= 11 is 0. The number of nitrogens with zero attached hydrogens (tertiary/aromatic N) is 2. The molecule has 0 radical (unpaired) electrons. The summed E-state index contributed by atoms with van der Waals surface area (Å²) in [6, 6.07) is 0.104. The third kappa shape index (κ3) is 3.90. The number of rotatable bonds is 6. The molecule has 1 rings (SSSR count). The van der Waals surface area contributed by atoms with E-state index in [4.69, 9.17) is 0 Å². The van der Waals surface area contributed by atoms with Crippen molar-refractivity contribution in [3.8, 4) is 0 Å². The molecule has 0 amide bonds. The van der Waals surface area contributed by atoms with Crippen molar-refractivity contribution < 1.29 is 8.42 Å². The second kappa shape index (κ2) is 7.02. The lowest BCUT2D eigenvalue weighted by Crippen LogP contribution is -2.54. The van der Waals surface area contributed by atoms with Gasteiger partial charge >= 0.3 is 0 Å². The number of hydrogen-bond donors (Lipinski definition) is 1. The minimum atomic E-state index is -3.35. The van der Waals surface area contributed by atoms with Crippen molar-refractivity contribution in [3.05, 3.63) is 0 Å². The molecule has 1 N–H and O–H groups in total. The molecule has 0 saturated carbocycles. The maximum atomic E-state index is 12.7. The first-order valence-corrected chi connectivity index (χ1v) is 8.61. The SMILES string of the molecule is CNCC1CCCCN1S(=O)(=O)N(C)C(C)C(C)C. The molecule has 2 unspecified atom stereocenters. The molecule has 1 aliphatic heterocycles. The van der Waals surface area contributed by atoms with Crippen LogP contribution in [-0.4, -0.2) is 56.3 Å². The molecule has 0 bridgehead atoms. The topological polar surface area (TPSA) is 52.7 Å². The first-order chi connectivity index (χ1) is 8.82. The lowest BCUT2D eigenvalue weighted by Gasteiger charge is -2.39. The fourth-order valence-corrected chi connectivity index (χ4v) is 4.42. The Labute approximate surface area is 118 Å². The largest absolute Gasteiger partial charge is 0.318 e. The van der Waals surface area contributed by atoms with Gasteiger partial charge in [0, 0.05) is 32.2 Å². The molecule has 114 valence electrons. The highest BCUT2D eigenvalue weighted by Crippen LogP contribution is 2.24. The smallest absolute Gasteiger partial charge is 0.282 e. The quantitative estimate of drug-likeness (QED) is 0.802. The molecule has 0 aliphatic carbocycles. The highest BCUT2D eigenvalue weighted by molar-refractivity contribution is 7.86. The summed E-state index contributed by atoms with van der Waals surface area (Å²) in [5.74, 6) is 0.312. The molecular formula is C13H29N3O2S.